The molecule has 0 aliphatic heterocycles. The SMILES string of the molecule is CNCc1ccc(Oc2ccc(Cl)cc2)c(F)c1. The summed E-state index contributed by atoms with van der Waals surface area (Å²) in [6, 6.07) is 11.7. The molecule has 0 fully saturated rings. The lowest BCUT2D eigenvalue weighted by Crippen LogP contribution is -2.05. The lowest BCUT2D eigenvalue weighted by Gasteiger charge is -2.08. The van der Waals surface area contributed by atoms with E-state index in [1.807, 2.05) is 13.1 Å². The van der Waals surface area contributed by atoms with Crippen molar-refractivity contribution < 1.29 is 9.13 Å². The van der Waals surface area contributed by atoms with Gasteiger partial charge in [0, 0.05) is 11.6 Å². The fourth-order valence-corrected chi connectivity index (χ4v) is 1.70. The quantitative estimate of drug-likeness (QED) is 0.902. The third-order valence-corrected chi connectivity index (χ3v) is 2.67. The summed E-state index contributed by atoms with van der Waals surface area (Å²) in [6.07, 6.45) is 0. The highest BCUT2D eigenvalue weighted by Crippen LogP contribution is 2.26. The number of hydrogen-bond acceptors (Lipinski definition) is 2. The van der Waals surface area contributed by atoms with E-state index < -0.39 is 0 Å². The van der Waals surface area contributed by atoms with E-state index in [1.54, 1.807) is 30.3 Å². The molecule has 4 heteroatoms. The molecule has 0 heterocycles. The summed E-state index contributed by atoms with van der Waals surface area (Å²) in [7, 11) is 1.82. The first-order chi connectivity index (χ1) is 8.69. The highest BCUT2D eigenvalue weighted by Gasteiger charge is 2.05. The molecule has 2 rings (SSSR count). The first-order valence-corrected chi connectivity index (χ1v) is 5.93. The molecule has 0 amide bonds. The van der Waals surface area contributed by atoms with Gasteiger partial charge in [-0.05, 0) is 49.0 Å². The zero-order valence-corrected chi connectivity index (χ0v) is 10.7. The van der Waals surface area contributed by atoms with Crippen LogP contribution in [0.3, 0.4) is 0 Å². The highest BCUT2D eigenvalue weighted by atomic mass is 35.5. The van der Waals surface area contributed by atoms with Gasteiger partial charge < -0.3 is 10.1 Å². The second kappa shape index (κ2) is 5.85. The zero-order valence-electron chi connectivity index (χ0n) is 9.91. The monoisotopic (exact) mass is 265 g/mol. The van der Waals surface area contributed by atoms with Crippen LogP contribution < -0.4 is 10.1 Å². The van der Waals surface area contributed by atoms with Gasteiger partial charge in [0.2, 0.25) is 0 Å². The number of rotatable bonds is 4. The second-order valence-electron chi connectivity index (χ2n) is 3.85. The topological polar surface area (TPSA) is 21.3 Å². The van der Waals surface area contributed by atoms with Crippen molar-refractivity contribution in [1.82, 2.24) is 5.32 Å². The van der Waals surface area contributed by atoms with Gasteiger partial charge in [-0.25, -0.2) is 4.39 Å². The second-order valence-corrected chi connectivity index (χ2v) is 4.29. The van der Waals surface area contributed by atoms with Crippen molar-refractivity contribution in [1.29, 1.82) is 0 Å². The van der Waals surface area contributed by atoms with Gasteiger partial charge in [0.05, 0.1) is 0 Å². The molecule has 0 aliphatic carbocycles. The van der Waals surface area contributed by atoms with Crippen LogP contribution in [-0.4, -0.2) is 7.05 Å². The first kappa shape index (κ1) is 12.9. The molecule has 0 atom stereocenters. The molecule has 94 valence electrons. The Bertz CT molecular complexity index is 528. The van der Waals surface area contributed by atoms with Crippen molar-refractivity contribution >= 4 is 11.6 Å². The zero-order chi connectivity index (χ0) is 13.0. The molecule has 0 aliphatic rings. The molecule has 0 saturated heterocycles. The Labute approximate surface area is 110 Å². The van der Waals surface area contributed by atoms with Crippen molar-refractivity contribution in [2.45, 2.75) is 6.54 Å². The first-order valence-electron chi connectivity index (χ1n) is 5.55. The van der Waals surface area contributed by atoms with Crippen LogP contribution in [0.2, 0.25) is 5.02 Å². The maximum absolute atomic E-state index is 13.8. The van der Waals surface area contributed by atoms with Gasteiger partial charge in [0.1, 0.15) is 5.75 Å². The van der Waals surface area contributed by atoms with Crippen LogP contribution in [0.15, 0.2) is 42.5 Å². The molecule has 0 unspecified atom stereocenters. The molecule has 0 saturated carbocycles. The van der Waals surface area contributed by atoms with Crippen LogP contribution in [0.4, 0.5) is 4.39 Å². The number of nitrogens with one attached hydrogen (secondary N) is 1. The van der Waals surface area contributed by atoms with E-state index in [0.717, 1.165) is 5.56 Å². The summed E-state index contributed by atoms with van der Waals surface area (Å²) in [5, 5.41) is 3.58. The van der Waals surface area contributed by atoms with Crippen molar-refractivity contribution in [3.63, 3.8) is 0 Å². The average molecular weight is 266 g/mol. The Hall–Kier alpha value is -1.58. The van der Waals surface area contributed by atoms with Gasteiger partial charge in [-0.15, -0.1) is 0 Å². The summed E-state index contributed by atoms with van der Waals surface area (Å²) < 4.78 is 19.2. The Morgan fingerprint density at radius 1 is 1.17 bits per heavy atom. The Morgan fingerprint density at radius 2 is 1.89 bits per heavy atom. The third-order valence-electron chi connectivity index (χ3n) is 2.42. The van der Waals surface area contributed by atoms with E-state index in [0.29, 0.717) is 17.3 Å². The predicted molar refractivity (Wildman–Crippen MR) is 70.7 cm³/mol. The number of halogens is 2. The molecule has 0 spiro atoms. The minimum atomic E-state index is -0.377. The Morgan fingerprint density at radius 3 is 2.50 bits per heavy atom. The number of ether oxygens (including phenoxy) is 1. The summed E-state index contributed by atoms with van der Waals surface area (Å²) in [6.45, 7) is 0.623. The van der Waals surface area contributed by atoms with E-state index >= 15 is 0 Å². The van der Waals surface area contributed by atoms with Gasteiger partial charge >= 0.3 is 0 Å². The highest BCUT2D eigenvalue weighted by molar-refractivity contribution is 6.30. The minimum absolute atomic E-state index is 0.206. The van der Waals surface area contributed by atoms with Crippen molar-refractivity contribution in [2.75, 3.05) is 7.05 Å². The smallest absolute Gasteiger partial charge is 0.166 e. The molecule has 1 N–H and O–H groups in total. The van der Waals surface area contributed by atoms with Crippen LogP contribution in [0, 0.1) is 5.82 Å². The molecule has 0 aromatic heterocycles. The molecule has 0 bridgehead atoms. The van der Waals surface area contributed by atoms with E-state index in [1.165, 1.54) is 6.07 Å². The van der Waals surface area contributed by atoms with Crippen LogP contribution in [0.5, 0.6) is 11.5 Å². The van der Waals surface area contributed by atoms with E-state index in [4.69, 9.17) is 16.3 Å². The molecule has 2 nitrogen and oxygen atoms in total. The van der Waals surface area contributed by atoms with Crippen LogP contribution in [0.25, 0.3) is 0 Å². The lowest BCUT2D eigenvalue weighted by atomic mass is 10.2. The molecular weight excluding hydrogens is 253 g/mol. The van der Waals surface area contributed by atoms with Gasteiger partial charge in [-0.1, -0.05) is 17.7 Å². The maximum Gasteiger partial charge on any atom is 0.166 e. The Kier molecular flexibility index (Phi) is 4.18. The van der Waals surface area contributed by atoms with Crippen molar-refractivity contribution in [3.8, 4) is 11.5 Å². The van der Waals surface area contributed by atoms with Crippen molar-refractivity contribution in [3.05, 3.63) is 58.9 Å². The normalized spacial score (nSPS) is 10.4. The average Bonchev–Trinajstić information content (AvgIpc) is 2.36. The van der Waals surface area contributed by atoms with Gasteiger partial charge in [-0.3, -0.25) is 0 Å². The minimum Gasteiger partial charge on any atom is -0.454 e. The predicted octanol–water partition coefficient (Wildman–Crippen LogP) is 3.99. The molecule has 0 radical (unpaired) electrons. The fourth-order valence-electron chi connectivity index (χ4n) is 1.57. The molecule has 2 aromatic rings. The van der Waals surface area contributed by atoms with Crippen LogP contribution >= 0.6 is 11.6 Å². The van der Waals surface area contributed by atoms with Crippen molar-refractivity contribution in [2.24, 2.45) is 0 Å². The maximum atomic E-state index is 13.8. The largest absolute Gasteiger partial charge is 0.454 e. The summed E-state index contributed by atoms with van der Waals surface area (Å²) in [5.41, 5.74) is 0.874. The van der Waals surface area contributed by atoms with E-state index in [2.05, 4.69) is 5.32 Å². The van der Waals surface area contributed by atoms with Crippen LogP contribution in [-0.2, 0) is 6.54 Å². The van der Waals surface area contributed by atoms with Gasteiger partial charge in [0.15, 0.2) is 11.6 Å². The standard InChI is InChI=1S/C14H13ClFNO/c1-17-9-10-2-7-14(13(16)8-10)18-12-5-3-11(15)4-6-12/h2-8,17H,9H2,1H3. The summed E-state index contributed by atoms with van der Waals surface area (Å²) in [4.78, 5) is 0. The van der Waals surface area contributed by atoms with E-state index in [9.17, 15) is 4.39 Å². The Balaban J connectivity index is 2.16. The van der Waals surface area contributed by atoms with Crippen LogP contribution in [0.1, 0.15) is 5.56 Å². The number of hydrogen-bond donors (Lipinski definition) is 1. The lowest BCUT2D eigenvalue weighted by molar-refractivity contribution is 0.441. The molecular formula is C14H13ClFNO. The third kappa shape index (κ3) is 3.22. The summed E-state index contributed by atoms with van der Waals surface area (Å²) >= 11 is 5.76. The molecule has 18 heavy (non-hydrogen) atoms. The van der Waals surface area contributed by atoms with Gasteiger partial charge in [0.25, 0.3) is 0 Å². The fraction of sp³-hybridized carbons (Fsp3) is 0.143. The summed E-state index contributed by atoms with van der Waals surface area (Å²) in [5.74, 6) is 0.384. The van der Waals surface area contributed by atoms with Gasteiger partial charge in [-0.2, -0.15) is 0 Å². The number of benzene rings is 2. The van der Waals surface area contributed by atoms with E-state index in [-0.39, 0.29) is 11.6 Å². The molecule has 2 aromatic carbocycles.